The van der Waals surface area contributed by atoms with Gasteiger partial charge in [0.05, 0.1) is 18.2 Å². The first-order valence-electron chi connectivity index (χ1n) is 0.757. The molecule has 0 atom stereocenters. The second kappa shape index (κ2) is 3.66. The van der Waals surface area contributed by atoms with E-state index in [-0.39, 0.29) is 0 Å². The van der Waals surface area contributed by atoms with E-state index in [1.54, 1.807) is 7.11 Å². The average molecular weight is 96.2 g/mol. The van der Waals surface area contributed by atoms with Crippen molar-refractivity contribution in [3.63, 3.8) is 0 Å². The second-order valence-electron chi connectivity index (χ2n) is 0.241. The summed E-state index contributed by atoms with van der Waals surface area (Å²) in [5, 5.41) is 0. The Morgan fingerprint density at radius 1 is 2.00 bits per heavy atom. The van der Waals surface area contributed by atoms with Gasteiger partial charge in [-0.25, -0.2) is 0 Å². The SMILES string of the molecule is COSS. The Balaban J connectivity index is 1.97. The van der Waals surface area contributed by atoms with E-state index in [1.807, 2.05) is 0 Å². The zero-order valence-electron chi connectivity index (χ0n) is 2.26. The molecule has 0 radical (unpaired) electrons. The van der Waals surface area contributed by atoms with Crippen LogP contribution in [0.2, 0.25) is 0 Å². The monoisotopic (exact) mass is 96.0 g/mol. The van der Waals surface area contributed by atoms with Crippen molar-refractivity contribution in [1.82, 2.24) is 0 Å². The summed E-state index contributed by atoms with van der Waals surface area (Å²) in [5.41, 5.74) is 0. The molecule has 0 unspecified atom stereocenters. The van der Waals surface area contributed by atoms with Gasteiger partial charge in [-0.2, -0.15) is 0 Å². The summed E-state index contributed by atoms with van der Waals surface area (Å²) in [5.74, 6) is 0. The number of thiol groups is 1. The zero-order valence-corrected chi connectivity index (χ0v) is 3.97. The lowest BCUT2D eigenvalue weighted by Crippen LogP contribution is -1.47. The van der Waals surface area contributed by atoms with Gasteiger partial charge in [0.25, 0.3) is 0 Å². The fourth-order valence-corrected chi connectivity index (χ4v) is 0. The Labute approximate surface area is 34.7 Å². The summed E-state index contributed by atoms with van der Waals surface area (Å²) in [6, 6.07) is 0. The highest BCUT2D eigenvalue weighted by molar-refractivity contribution is 8.66. The van der Waals surface area contributed by atoms with Crippen LogP contribution in [0.1, 0.15) is 0 Å². The maximum Gasteiger partial charge on any atom is 0.0584 e. The van der Waals surface area contributed by atoms with Gasteiger partial charge in [-0.15, -0.1) is 0 Å². The van der Waals surface area contributed by atoms with Crippen molar-refractivity contribution in [2.24, 2.45) is 0 Å². The van der Waals surface area contributed by atoms with Crippen LogP contribution >= 0.6 is 22.7 Å². The van der Waals surface area contributed by atoms with Crippen molar-refractivity contribution in [3.8, 4) is 0 Å². The first-order valence-corrected chi connectivity index (χ1v) is 2.55. The van der Waals surface area contributed by atoms with Crippen molar-refractivity contribution in [1.29, 1.82) is 0 Å². The molecule has 0 aliphatic rings. The molecule has 0 N–H and O–H groups in total. The molecule has 0 fully saturated rings. The van der Waals surface area contributed by atoms with Crippen LogP contribution in [0.15, 0.2) is 0 Å². The van der Waals surface area contributed by atoms with Crippen LogP contribution in [0.5, 0.6) is 0 Å². The third kappa shape index (κ3) is 2.66. The Morgan fingerprint density at radius 3 is 2.25 bits per heavy atom. The van der Waals surface area contributed by atoms with Gasteiger partial charge in [-0.05, 0) is 0 Å². The summed E-state index contributed by atoms with van der Waals surface area (Å²) in [6.07, 6.45) is 0. The summed E-state index contributed by atoms with van der Waals surface area (Å²) in [6.45, 7) is 0. The Bertz CT molecular complexity index is 8.00. The standard InChI is InChI=1S/CH4OS2/c1-2-4-3/h3H,1H3. The molecule has 3 heteroatoms. The molecule has 0 aromatic heterocycles. The summed E-state index contributed by atoms with van der Waals surface area (Å²) in [4.78, 5) is 0. The van der Waals surface area contributed by atoms with E-state index in [0.717, 1.165) is 11.1 Å². The molecule has 0 aromatic rings. The van der Waals surface area contributed by atoms with Crippen LogP contribution in [0, 0.1) is 0 Å². The lowest BCUT2D eigenvalue weighted by molar-refractivity contribution is 0.498. The van der Waals surface area contributed by atoms with E-state index in [2.05, 4.69) is 15.8 Å². The van der Waals surface area contributed by atoms with Gasteiger partial charge >= 0.3 is 0 Å². The second-order valence-corrected chi connectivity index (χ2v) is 1.17. The molecule has 0 bridgehead atoms. The normalized spacial score (nSPS) is 7.50. The van der Waals surface area contributed by atoms with Gasteiger partial charge < -0.3 is 4.18 Å². The molecular formula is CH4OS2. The Morgan fingerprint density at radius 2 is 2.25 bits per heavy atom. The van der Waals surface area contributed by atoms with Gasteiger partial charge in [0.15, 0.2) is 0 Å². The van der Waals surface area contributed by atoms with Crippen LogP contribution in [0.4, 0.5) is 0 Å². The summed E-state index contributed by atoms with van der Waals surface area (Å²) in [7, 11) is 1.57. The van der Waals surface area contributed by atoms with Crippen LogP contribution in [-0.4, -0.2) is 7.11 Å². The molecule has 1 nitrogen and oxygen atoms in total. The minimum absolute atomic E-state index is 1.05. The molecule has 0 saturated heterocycles. The average Bonchev–Trinajstić information content (AvgIpc) is 1.37. The molecule has 0 spiro atoms. The highest BCUT2D eigenvalue weighted by Gasteiger charge is 1.53. The van der Waals surface area contributed by atoms with E-state index in [9.17, 15) is 0 Å². The fourth-order valence-electron chi connectivity index (χ4n) is 0. The van der Waals surface area contributed by atoms with Crippen molar-refractivity contribution >= 4 is 22.7 Å². The van der Waals surface area contributed by atoms with Gasteiger partial charge in [-0.1, -0.05) is 11.7 Å². The van der Waals surface area contributed by atoms with E-state index in [1.165, 1.54) is 0 Å². The topological polar surface area (TPSA) is 9.23 Å². The molecule has 4 heavy (non-hydrogen) atoms. The predicted octanol–water partition coefficient (Wildman–Crippen LogP) is 1.13. The third-order valence-corrected chi connectivity index (χ3v) is 0.671. The molecule has 0 rings (SSSR count). The minimum Gasteiger partial charge on any atom is -0.309 e. The predicted molar refractivity (Wildman–Crippen MR) is 23.6 cm³/mol. The third-order valence-electron chi connectivity index (χ3n) is 0.0745. The zero-order chi connectivity index (χ0) is 3.41. The van der Waals surface area contributed by atoms with Crippen LogP contribution in [-0.2, 0) is 4.18 Å². The molecule has 0 saturated carbocycles. The first-order chi connectivity index (χ1) is 1.91. The fraction of sp³-hybridized carbons (Fsp3) is 1.00. The van der Waals surface area contributed by atoms with Crippen molar-refractivity contribution in [3.05, 3.63) is 0 Å². The minimum atomic E-state index is 1.05. The summed E-state index contributed by atoms with van der Waals surface area (Å²) >= 11 is 4.67. The van der Waals surface area contributed by atoms with Gasteiger partial charge in [0, 0.05) is 0 Å². The molecule has 26 valence electrons. The number of hydrogen-bond donors (Lipinski definition) is 1. The summed E-state index contributed by atoms with van der Waals surface area (Å²) < 4.78 is 4.32. The highest BCUT2D eigenvalue weighted by atomic mass is 33.1. The van der Waals surface area contributed by atoms with Gasteiger partial charge in [0.2, 0.25) is 0 Å². The number of hydrogen-bond acceptors (Lipinski definition) is 3. The van der Waals surface area contributed by atoms with Gasteiger partial charge in [-0.3, -0.25) is 0 Å². The van der Waals surface area contributed by atoms with E-state index in [4.69, 9.17) is 0 Å². The molecule has 0 aliphatic heterocycles. The smallest absolute Gasteiger partial charge is 0.0584 e. The molecular weight excluding hydrogens is 92.1 g/mol. The lowest BCUT2D eigenvalue weighted by atomic mass is 11.8. The first kappa shape index (κ1) is 4.66. The van der Waals surface area contributed by atoms with Crippen molar-refractivity contribution in [2.75, 3.05) is 7.11 Å². The molecule has 0 heterocycles. The van der Waals surface area contributed by atoms with Crippen LogP contribution in [0.3, 0.4) is 0 Å². The van der Waals surface area contributed by atoms with Crippen molar-refractivity contribution < 1.29 is 4.18 Å². The van der Waals surface area contributed by atoms with E-state index in [0.29, 0.717) is 0 Å². The molecule has 0 amide bonds. The van der Waals surface area contributed by atoms with Crippen LogP contribution < -0.4 is 0 Å². The molecule has 0 aromatic carbocycles. The molecule has 0 aliphatic carbocycles. The largest absolute Gasteiger partial charge is 0.309 e. The Hall–Kier alpha value is 0.660. The van der Waals surface area contributed by atoms with Crippen LogP contribution in [0.25, 0.3) is 0 Å². The Kier molecular flexibility index (Phi) is 4.26. The maximum atomic E-state index is 4.32. The van der Waals surface area contributed by atoms with Gasteiger partial charge in [0.1, 0.15) is 0 Å². The quantitative estimate of drug-likeness (QED) is 0.297. The van der Waals surface area contributed by atoms with Crippen molar-refractivity contribution in [2.45, 2.75) is 0 Å². The van der Waals surface area contributed by atoms with E-state index < -0.39 is 0 Å². The lowest BCUT2D eigenvalue weighted by Gasteiger charge is -1.72. The number of rotatable bonds is 1. The highest BCUT2D eigenvalue weighted by Crippen LogP contribution is 2.00. The maximum absolute atomic E-state index is 4.32. The van der Waals surface area contributed by atoms with E-state index >= 15 is 0 Å².